The molecule has 9 nitrogen and oxygen atoms in total. The van der Waals surface area contributed by atoms with Crippen LogP contribution in [0.2, 0.25) is 0 Å². The van der Waals surface area contributed by atoms with Gasteiger partial charge < -0.3 is 15.4 Å². The second-order valence-corrected chi connectivity index (χ2v) is 9.18. The van der Waals surface area contributed by atoms with Gasteiger partial charge >= 0.3 is 0 Å². The van der Waals surface area contributed by atoms with E-state index in [-0.39, 0.29) is 17.7 Å². The number of morpholine rings is 1. The standard InChI is InChI=1S/C26H26FN7O2/c27-21-2-1-18(15-32-7-9-36-10-8-32)20(11-21)16-33-5-4-23-22(25(33)35)12-19(14-29-23)17-3-6-34-24(13-17)30-26(28)31-34/h1-3,6,11-14H,4-5,7-10,15-16H2,(H2,28,31). The summed E-state index contributed by atoms with van der Waals surface area (Å²) in [4.78, 5) is 26.4. The first kappa shape index (κ1) is 22.6. The third-order valence-corrected chi connectivity index (χ3v) is 6.82. The molecule has 5 heterocycles. The molecule has 0 bridgehead atoms. The summed E-state index contributed by atoms with van der Waals surface area (Å²) in [5.74, 6) is -0.194. The van der Waals surface area contributed by atoms with Crippen molar-refractivity contribution in [2.24, 2.45) is 0 Å². The van der Waals surface area contributed by atoms with Crippen molar-refractivity contribution < 1.29 is 13.9 Å². The fourth-order valence-corrected chi connectivity index (χ4v) is 4.88. The first-order valence-corrected chi connectivity index (χ1v) is 12.0. The van der Waals surface area contributed by atoms with Crippen LogP contribution < -0.4 is 5.73 Å². The zero-order valence-corrected chi connectivity index (χ0v) is 19.7. The van der Waals surface area contributed by atoms with E-state index in [4.69, 9.17) is 10.5 Å². The summed E-state index contributed by atoms with van der Waals surface area (Å²) in [6.07, 6.45) is 4.21. The molecule has 184 valence electrons. The van der Waals surface area contributed by atoms with Crippen molar-refractivity contribution in [3.63, 3.8) is 0 Å². The van der Waals surface area contributed by atoms with E-state index < -0.39 is 0 Å². The summed E-state index contributed by atoms with van der Waals surface area (Å²) in [6.45, 7) is 4.68. The number of rotatable bonds is 5. The van der Waals surface area contributed by atoms with Gasteiger partial charge in [0.05, 0.1) is 24.5 Å². The molecular weight excluding hydrogens is 461 g/mol. The zero-order valence-electron chi connectivity index (χ0n) is 19.7. The van der Waals surface area contributed by atoms with Gasteiger partial charge in [0.1, 0.15) is 5.82 Å². The number of carbonyl (C=O) groups is 1. The molecule has 1 fully saturated rings. The molecule has 0 atom stereocenters. The predicted molar refractivity (Wildman–Crippen MR) is 132 cm³/mol. The highest BCUT2D eigenvalue weighted by atomic mass is 19.1. The fourth-order valence-electron chi connectivity index (χ4n) is 4.88. The summed E-state index contributed by atoms with van der Waals surface area (Å²) in [6, 6.07) is 10.5. The second-order valence-electron chi connectivity index (χ2n) is 9.18. The first-order valence-electron chi connectivity index (χ1n) is 12.0. The van der Waals surface area contributed by atoms with Gasteiger partial charge in [0.25, 0.3) is 5.91 Å². The van der Waals surface area contributed by atoms with Crippen LogP contribution >= 0.6 is 0 Å². The molecule has 36 heavy (non-hydrogen) atoms. The smallest absolute Gasteiger partial charge is 0.256 e. The van der Waals surface area contributed by atoms with Crippen molar-refractivity contribution in [1.82, 2.24) is 29.4 Å². The molecule has 1 aromatic carbocycles. The van der Waals surface area contributed by atoms with Crippen LogP contribution in [0.1, 0.15) is 27.2 Å². The quantitative estimate of drug-likeness (QED) is 0.462. The van der Waals surface area contributed by atoms with E-state index in [0.29, 0.717) is 50.5 Å². The molecule has 0 unspecified atom stereocenters. The van der Waals surface area contributed by atoms with Gasteiger partial charge in [-0.15, -0.1) is 5.10 Å². The van der Waals surface area contributed by atoms with Gasteiger partial charge in [0.15, 0.2) is 5.65 Å². The van der Waals surface area contributed by atoms with Crippen LogP contribution in [0.25, 0.3) is 16.8 Å². The highest BCUT2D eigenvalue weighted by Crippen LogP contribution is 2.27. The van der Waals surface area contributed by atoms with Crippen LogP contribution in [-0.2, 0) is 24.2 Å². The molecule has 2 aliphatic heterocycles. The van der Waals surface area contributed by atoms with Crippen molar-refractivity contribution in [1.29, 1.82) is 0 Å². The van der Waals surface area contributed by atoms with E-state index in [0.717, 1.165) is 41.0 Å². The third-order valence-electron chi connectivity index (χ3n) is 6.82. The van der Waals surface area contributed by atoms with Gasteiger partial charge in [-0.2, -0.15) is 4.98 Å². The summed E-state index contributed by atoms with van der Waals surface area (Å²) >= 11 is 0. The van der Waals surface area contributed by atoms with Gasteiger partial charge in [0, 0.05) is 57.1 Å². The number of nitrogen functional groups attached to an aromatic ring is 1. The Morgan fingerprint density at radius 1 is 1.00 bits per heavy atom. The predicted octanol–water partition coefficient (Wildman–Crippen LogP) is 2.54. The lowest BCUT2D eigenvalue weighted by Crippen LogP contribution is -2.38. The van der Waals surface area contributed by atoms with Gasteiger partial charge in [-0.05, 0) is 47.0 Å². The molecule has 3 aromatic heterocycles. The zero-order chi connectivity index (χ0) is 24.6. The van der Waals surface area contributed by atoms with Crippen LogP contribution in [0.15, 0.2) is 48.8 Å². The second kappa shape index (κ2) is 9.29. The number of hydrogen-bond donors (Lipinski definition) is 1. The largest absolute Gasteiger partial charge is 0.379 e. The van der Waals surface area contributed by atoms with Crippen LogP contribution in [-0.4, -0.2) is 68.1 Å². The Morgan fingerprint density at radius 3 is 2.72 bits per heavy atom. The Balaban J connectivity index is 1.26. The molecule has 0 aliphatic carbocycles. The van der Waals surface area contributed by atoms with Crippen molar-refractivity contribution >= 4 is 17.5 Å². The third kappa shape index (κ3) is 4.40. The molecular formula is C26H26FN7O2. The maximum Gasteiger partial charge on any atom is 0.256 e. The number of ether oxygens (including phenoxy) is 1. The maximum absolute atomic E-state index is 14.2. The number of carbonyl (C=O) groups excluding carboxylic acids is 1. The number of pyridine rings is 2. The number of hydrogen-bond acceptors (Lipinski definition) is 7. The monoisotopic (exact) mass is 487 g/mol. The molecule has 0 saturated carbocycles. The van der Waals surface area contributed by atoms with Crippen LogP contribution in [0.4, 0.5) is 10.3 Å². The van der Waals surface area contributed by atoms with E-state index in [1.54, 1.807) is 27.9 Å². The van der Waals surface area contributed by atoms with E-state index in [9.17, 15) is 9.18 Å². The highest BCUT2D eigenvalue weighted by Gasteiger charge is 2.27. The molecule has 10 heteroatoms. The summed E-state index contributed by atoms with van der Waals surface area (Å²) in [5.41, 5.74) is 11.2. The minimum Gasteiger partial charge on any atom is -0.379 e. The van der Waals surface area contributed by atoms with E-state index in [1.165, 1.54) is 6.07 Å². The number of benzene rings is 1. The van der Waals surface area contributed by atoms with Crippen molar-refractivity contribution in [2.45, 2.75) is 19.5 Å². The Hall–Kier alpha value is -3.89. The Bertz CT molecular complexity index is 1450. The highest BCUT2D eigenvalue weighted by molar-refractivity contribution is 5.97. The summed E-state index contributed by atoms with van der Waals surface area (Å²) in [7, 11) is 0. The number of fused-ring (bicyclic) bond motifs is 2. The average Bonchev–Trinajstić information content (AvgIpc) is 3.27. The number of amides is 1. The summed E-state index contributed by atoms with van der Waals surface area (Å²) < 4.78 is 21.3. The SMILES string of the molecule is Nc1nc2cc(-c3cnc4c(c3)C(=O)N(Cc3cc(F)ccc3CN3CCOCC3)CC4)ccn2n1. The lowest BCUT2D eigenvalue weighted by atomic mass is 9.98. The van der Waals surface area contributed by atoms with E-state index in [1.807, 2.05) is 24.3 Å². The maximum atomic E-state index is 14.2. The molecule has 0 spiro atoms. The van der Waals surface area contributed by atoms with Gasteiger partial charge in [-0.1, -0.05) is 6.07 Å². The molecule has 2 aliphatic rings. The fraction of sp³-hybridized carbons (Fsp3) is 0.308. The van der Waals surface area contributed by atoms with Gasteiger partial charge in [0.2, 0.25) is 5.95 Å². The minimum absolute atomic E-state index is 0.0972. The molecule has 1 saturated heterocycles. The van der Waals surface area contributed by atoms with E-state index in [2.05, 4.69) is 20.0 Å². The summed E-state index contributed by atoms with van der Waals surface area (Å²) in [5, 5.41) is 4.10. The van der Waals surface area contributed by atoms with Crippen molar-refractivity contribution in [3.8, 4) is 11.1 Å². The number of halogens is 1. The van der Waals surface area contributed by atoms with Crippen molar-refractivity contribution in [2.75, 3.05) is 38.6 Å². The minimum atomic E-state index is -0.297. The molecule has 2 N–H and O–H groups in total. The van der Waals surface area contributed by atoms with Gasteiger partial charge in [-0.25, -0.2) is 8.91 Å². The Labute approximate surface area is 207 Å². The number of nitrogens with two attached hydrogens (primary N) is 1. The van der Waals surface area contributed by atoms with Crippen LogP contribution in [0.3, 0.4) is 0 Å². The average molecular weight is 488 g/mol. The molecule has 1 amide bonds. The number of nitrogens with zero attached hydrogens (tertiary/aromatic N) is 6. The number of anilines is 1. The first-order chi connectivity index (χ1) is 17.5. The molecule has 4 aromatic rings. The normalized spacial score (nSPS) is 16.5. The lowest BCUT2D eigenvalue weighted by molar-refractivity contribution is 0.0339. The van der Waals surface area contributed by atoms with Crippen LogP contribution in [0, 0.1) is 5.82 Å². The molecule has 0 radical (unpaired) electrons. The molecule has 6 rings (SSSR count). The van der Waals surface area contributed by atoms with Crippen LogP contribution in [0.5, 0.6) is 0 Å². The Kier molecular flexibility index (Phi) is 5.82. The van der Waals surface area contributed by atoms with E-state index >= 15 is 0 Å². The van der Waals surface area contributed by atoms with Gasteiger partial charge in [-0.3, -0.25) is 14.7 Å². The lowest BCUT2D eigenvalue weighted by Gasteiger charge is -2.31. The number of aromatic nitrogens is 4. The Morgan fingerprint density at radius 2 is 1.86 bits per heavy atom. The van der Waals surface area contributed by atoms with Crippen molar-refractivity contribution in [3.05, 3.63) is 77.0 Å². The topological polar surface area (TPSA) is 102 Å².